The Kier molecular flexibility index (Phi) is 6.73. The first kappa shape index (κ1) is 27.5. The van der Waals surface area contributed by atoms with Crippen molar-refractivity contribution in [3.8, 4) is 6.07 Å². The van der Waals surface area contributed by atoms with Gasteiger partial charge in [-0.3, -0.25) is 19.1 Å². The Morgan fingerprint density at radius 2 is 2.02 bits per heavy atom. The lowest BCUT2D eigenvalue weighted by Crippen LogP contribution is -2.52. The fourth-order valence-corrected chi connectivity index (χ4v) is 6.92. The molecule has 1 N–H and O–H groups in total. The maximum atomic E-state index is 14.3. The number of nitrogens with one attached hydrogen (secondary N) is 1. The second-order valence-electron chi connectivity index (χ2n) is 12.4. The minimum absolute atomic E-state index is 0.0934. The number of nitriles is 1. The number of carbonyl (C=O) groups excluding carboxylic acids is 3. The van der Waals surface area contributed by atoms with Crippen molar-refractivity contribution in [1.82, 2.24) is 19.6 Å². The Balaban J connectivity index is 1.30. The SMILES string of the molecule is CC(C)C[C@@H](C(=O)N1C[C@]2(C[C@H]1C#N)C(=O)Nc1ccccc12)N(C)C(=O)C1=Cc2cn(C3CC3)nc2C(Cl)C1C. The van der Waals surface area contributed by atoms with E-state index >= 15 is 0 Å². The molecule has 3 amide bonds. The summed E-state index contributed by atoms with van der Waals surface area (Å²) in [6.45, 7) is 6.01. The number of fused-ring (bicyclic) bond motifs is 3. The molecule has 4 aliphatic rings. The summed E-state index contributed by atoms with van der Waals surface area (Å²) in [4.78, 5) is 44.6. The molecular weight excluding hydrogens is 540 g/mol. The zero-order valence-corrected chi connectivity index (χ0v) is 24.6. The molecule has 10 heteroatoms. The monoisotopic (exact) mass is 574 g/mol. The Labute approximate surface area is 245 Å². The number of amides is 3. The van der Waals surface area contributed by atoms with Crippen LogP contribution in [0.3, 0.4) is 0 Å². The number of nitrogens with zero attached hydrogens (tertiary/aromatic N) is 5. The van der Waals surface area contributed by atoms with E-state index in [1.54, 1.807) is 7.05 Å². The number of rotatable bonds is 6. The number of benzene rings is 1. The lowest BCUT2D eigenvalue weighted by atomic mass is 9.80. The van der Waals surface area contributed by atoms with E-state index < -0.39 is 22.9 Å². The molecule has 1 spiro atoms. The van der Waals surface area contributed by atoms with E-state index in [-0.39, 0.29) is 42.5 Å². The van der Waals surface area contributed by atoms with E-state index in [4.69, 9.17) is 16.7 Å². The van der Waals surface area contributed by atoms with Crippen LogP contribution in [0.1, 0.15) is 74.7 Å². The van der Waals surface area contributed by atoms with Crippen LogP contribution >= 0.6 is 11.6 Å². The number of hydrogen-bond donors (Lipinski definition) is 1. The number of carbonyl (C=O) groups is 3. The highest BCUT2D eigenvalue weighted by Crippen LogP contribution is 2.47. The smallest absolute Gasteiger partial charge is 0.250 e. The van der Waals surface area contributed by atoms with Crippen LogP contribution in [0, 0.1) is 23.2 Å². The van der Waals surface area contributed by atoms with Crippen molar-refractivity contribution in [1.29, 1.82) is 5.26 Å². The number of hydrogen-bond acceptors (Lipinski definition) is 5. The van der Waals surface area contributed by atoms with Crippen LogP contribution in [-0.2, 0) is 19.8 Å². The summed E-state index contributed by atoms with van der Waals surface area (Å²) in [5.41, 5.74) is 2.71. The van der Waals surface area contributed by atoms with Crippen LogP contribution in [0.4, 0.5) is 5.69 Å². The Bertz CT molecular complexity index is 1500. The van der Waals surface area contributed by atoms with E-state index in [0.717, 1.165) is 29.7 Å². The summed E-state index contributed by atoms with van der Waals surface area (Å²) in [5, 5.41) is 17.3. The highest BCUT2D eigenvalue weighted by atomic mass is 35.5. The molecule has 2 aliphatic carbocycles. The molecule has 2 unspecified atom stereocenters. The number of halogens is 1. The molecule has 2 fully saturated rings. The normalized spacial score (nSPS) is 27.2. The van der Waals surface area contributed by atoms with Gasteiger partial charge in [0.25, 0.3) is 5.91 Å². The second-order valence-corrected chi connectivity index (χ2v) is 12.9. The molecule has 1 aromatic carbocycles. The third-order valence-corrected chi connectivity index (χ3v) is 9.73. The van der Waals surface area contributed by atoms with Crippen molar-refractivity contribution < 1.29 is 14.4 Å². The highest BCUT2D eigenvalue weighted by Gasteiger charge is 2.56. The quantitative estimate of drug-likeness (QED) is 0.513. The Hall–Kier alpha value is -3.64. The average Bonchev–Trinajstić information content (AvgIpc) is 3.50. The van der Waals surface area contributed by atoms with E-state index in [2.05, 4.69) is 11.4 Å². The Morgan fingerprint density at radius 3 is 2.71 bits per heavy atom. The fourth-order valence-electron chi connectivity index (χ4n) is 6.61. The second kappa shape index (κ2) is 10.0. The Morgan fingerprint density at radius 1 is 1.29 bits per heavy atom. The summed E-state index contributed by atoms with van der Waals surface area (Å²) in [6.07, 6.45) is 6.65. The van der Waals surface area contributed by atoms with Gasteiger partial charge in [-0.25, -0.2) is 0 Å². The zero-order valence-electron chi connectivity index (χ0n) is 23.8. The molecule has 2 aliphatic heterocycles. The molecule has 0 radical (unpaired) electrons. The van der Waals surface area contributed by atoms with Crippen LogP contribution in [-0.4, -0.2) is 63.0 Å². The molecule has 214 valence electrons. The number of aromatic nitrogens is 2. The first-order valence-corrected chi connectivity index (χ1v) is 14.8. The zero-order chi connectivity index (χ0) is 29.2. The van der Waals surface area contributed by atoms with Gasteiger partial charge in [0.2, 0.25) is 11.8 Å². The third kappa shape index (κ3) is 4.44. The van der Waals surface area contributed by atoms with Crippen molar-refractivity contribution in [3.63, 3.8) is 0 Å². The minimum Gasteiger partial charge on any atom is -0.330 e. The van der Waals surface area contributed by atoms with E-state index in [9.17, 15) is 19.6 Å². The lowest BCUT2D eigenvalue weighted by Gasteiger charge is -2.35. The molecule has 5 atom stereocenters. The molecule has 1 saturated carbocycles. The summed E-state index contributed by atoms with van der Waals surface area (Å²) in [5.74, 6) is -0.969. The summed E-state index contributed by atoms with van der Waals surface area (Å²) >= 11 is 6.84. The minimum atomic E-state index is -0.984. The van der Waals surface area contributed by atoms with Gasteiger partial charge >= 0.3 is 0 Å². The van der Waals surface area contributed by atoms with Gasteiger partial charge in [-0.15, -0.1) is 11.6 Å². The van der Waals surface area contributed by atoms with Gasteiger partial charge in [-0.05, 0) is 42.9 Å². The summed E-state index contributed by atoms with van der Waals surface area (Å²) in [6, 6.07) is 8.51. The first-order chi connectivity index (χ1) is 19.6. The number of likely N-dealkylation sites (tertiary alicyclic amines) is 1. The standard InChI is InChI=1S/C31H35ClN6O3/c1-17(2)11-25(29(40)37-16-31(13-21(37)14-33)23-7-5-6-8-24(23)34-30(31)41)36(4)28(39)22-12-19-15-38(20-9-10-20)35-27(19)26(32)18(22)3/h5-8,12,15,17-18,20-21,25-26H,9-11,13,16H2,1-4H3,(H,34,41)/t18?,21-,25-,26?,31-/m0/s1. The van der Waals surface area contributed by atoms with Gasteiger partial charge in [0.1, 0.15) is 12.1 Å². The number of likely N-dealkylation sites (N-methyl/N-ethyl adjacent to an activating group) is 1. The topological polar surface area (TPSA) is 111 Å². The molecule has 1 aromatic heterocycles. The molecule has 9 nitrogen and oxygen atoms in total. The highest BCUT2D eigenvalue weighted by molar-refractivity contribution is 6.22. The summed E-state index contributed by atoms with van der Waals surface area (Å²) < 4.78 is 1.95. The molecule has 1 saturated heterocycles. The fraction of sp³-hybridized carbons (Fsp3) is 0.516. The number of para-hydroxylation sites is 1. The van der Waals surface area contributed by atoms with Gasteiger partial charge in [0.15, 0.2) is 0 Å². The first-order valence-electron chi connectivity index (χ1n) is 14.4. The van der Waals surface area contributed by atoms with Crippen molar-refractivity contribution >= 4 is 41.1 Å². The molecule has 3 heterocycles. The van der Waals surface area contributed by atoms with E-state index in [0.29, 0.717) is 23.7 Å². The average molecular weight is 575 g/mol. The van der Waals surface area contributed by atoms with Gasteiger partial charge in [0.05, 0.1) is 28.6 Å². The van der Waals surface area contributed by atoms with Crippen LogP contribution in [0.2, 0.25) is 0 Å². The third-order valence-electron chi connectivity index (χ3n) is 9.14. The van der Waals surface area contributed by atoms with Crippen molar-refractivity contribution in [3.05, 3.63) is 52.9 Å². The molecular formula is C31H35ClN6O3. The largest absolute Gasteiger partial charge is 0.330 e. The van der Waals surface area contributed by atoms with Gasteiger partial charge in [-0.1, -0.05) is 39.0 Å². The lowest BCUT2D eigenvalue weighted by molar-refractivity contribution is -0.144. The molecule has 6 rings (SSSR count). The number of alkyl halides is 1. The predicted octanol–water partition coefficient (Wildman–Crippen LogP) is 4.42. The van der Waals surface area contributed by atoms with Crippen molar-refractivity contribution in [2.24, 2.45) is 11.8 Å². The maximum Gasteiger partial charge on any atom is 0.250 e. The van der Waals surface area contributed by atoms with Crippen LogP contribution in [0.5, 0.6) is 0 Å². The van der Waals surface area contributed by atoms with Gasteiger partial charge in [0, 0.05) is 49.0 Å². The van der Waals surface area contributed by atoms with Crippen LogP contribution < -0.4 is 5.32 Å². The van der Waals surface area contributed by atoms with Crippen molar-refractivity contribution in [2.45, 2.75) is 75.4 Å². The van der Waals surface area contributed by atoms with E-state index in [1.165, 1.54) is 9.80 Å². The van der Waals surface area contributed by atoms with E-state index in [1.807, 2.05) is 62.0 Å². The van der Waals surface area contributed by atoms with Gasteiger partial charge < -0.3 is 15.1 Å². The summed E-state index contributed by atoms with van der Waals surface area (Å²) in [7, 11) is 1.65. The van der Waals surface area contributed by atoms with Crippen LogP contribution in [0.25, 0.3) is 6.08 Å². The molecule has 2 aromatic rings. The van der Waals surface area contributed by atoms with Crippen molar-refractivity contribution in [2.75, 3.05) is 18.9 Å². The molecule has 0 bridgehead atoms. The number of anilines is 1. The van der Waals surface area contributed by atoms with Gasteiger partial charge in [-0.2, -0.15) is 10.4 Å². The molecule has 41 heavy (non-hydrogen) atoms. The van der Waals surface area contributed by atoms with Crippen LogP contribution in [0.15, 0.2) is 36.0 Å². The maximum absolute atomic E-state index is 14.3. The predicted molar refractivity (Wildman–Crippen MR) is 155 cm³/mol.